The first-order valence-corrected chi connectivity index (χ1v) is 8.00. The minimum atomic E-state index is -0.368. The molecule has 0 saturated carbocycles. The number of carbonyl (C=O) groups is 2. The molecule has 22 heavy (non-hydrogen) atoms. The van der Waals surface area contributed by atoms with Crippen molar-refractivity contribution < 1.29 is 14.3 Å². The zero-order chi connectivity index (χ0) is 15.8. The highest BCUT2D eigenvalue weighted by atomic mass is 16.5. The van der Waals surface area contributed by atoms with Crippen LogP contribution in [0.25, 0.3) is 0 Å². The molecule has 0 bridgehead atoms. The summed E-state index contributed by atoms with van der Waals surface area (Å²) in [6.07, 6.45) is 4.54. The summed E-state index contributed by atoms with van der Waals surface area (Å²) in [5, 5.41) is 3.08. The second kappa shape index (κ2) is 8.41. The fourth-order valence-corrected chi connectivity index (χ4v) is 2.63. The van der Waals surface area contributed by atoms with Gasteiger partial charge in [-0.3, -0.25) is 4.79 Å². The van der Waals surface area contributed by atoms with E-state index in [0.717, 1.165) is 25.9 Å². The molecule has 0 aliphatic carbocycles. The van der Waals surface area contributed by atoms with Crippen LogP contribution in [0.2, 0.25) is 0 Å². The number of amides is 1. The van der Waals surface area contributed by atoms with E-state index in [-0.39, 0.29) is 18.4 Å². The van der Waals surface area contributed by atoms with Gasteiger partial charge in [-0.1, -0.05) is 25.0 Å². The van der Waals surface area contributed by atoms with Crippen molar-refractivity contribution in [3.63, 3.8) is 0 Å². The van der Waals surface area contributed by atoms with Crippen LogP contribution in [0.1, 0.15) is 43.0 Å². The van der Waals surface area contributed by atoms with E-state index in [1.165, 1.54) is 12.8 Å². The van der Waals surface area contributed by atoms with Gasteiger partial charge < -0.3 is 15.0 Å². The zero-order valence-corrected chi connectivity index (χ0v) is 13.1. The number of hydrogen-bond donors (Lipinski definition) is 1. The van der Waals surface area contributed by atoms with Crippen LogP contribution in [0.3, 0.4) is 0 Å². The molecule has 1 heterocycles. The van der Waals surface area contributed by atoms with Gasteiger partial charge in [0.2, 0.25) is 5.91 Å². The van der Waals surface area contributed by atoms with E-state index in [9.17, 15) is 9.59 Å². The summed E-state index contributed by atoms with van der Waals surface area (Å²) in [5.41, 5.74) is 1.11. The van der Waals surface area contributed by atoms with Crippen LogP contribution in [0.15, 0.2) is 24.3 Å². The number of ether oxygens (including phenoxy) is 1. The summed E-state index contributed by atoms with van der Waals surface area (Å²) in [6, 6.07) is 7.12. The third-order valence-corrected chi connectivity index (χ3v) is 3.81. The molecular weight excluding hydrogens is 280 g/mol. The Hall–Kier alpha value is -2.04. The lowest BCUT2D eigenvalue weighted by Gasteiger charge is -2.21. The van der Waals surface area contributed by atoms with E-state index < -0.39 is 0 Å². The van der Waals surface area contributed by atoms with Gasteiger partial charge in [-0.15, -0.1) is 0 Å². The normalized spacial score (nSPS) is 15.0. The summed E-state index contributed by atoms with van der Waals surface area (Å²) in [4.78, 5) is 26.1. The molecule has 1 aliphatic rings. The summed E-state index contributed by atoms with van der Waals surface area (Å²) >= 11 is 0. The van der Waals surface area contributed by atoms with Gasteiger partial charge >= 0.3 is 5.97 Å². The first-order chi connectivity index (χ1) is 10.7. The lowest BCUT2D eigenvalue weighted by atomic mass is 10.2. The van der Waals surface area contributed by atoms with Crippen LogP contribution in [0.5, 0.6) is 0 Å². The number of likely N-dealkylation sites (tertiary alicyclic amines) is 1. The van der Waals surface area contributed by atoms with Crippen LogP contribution in [-0.2, 0) is 9.53 Å². The van der Waals surface area contributed by atoms with E-state index >= 15 is 0 Å². The highest BCUT2D eigenvalue weighted by Crippen LogP contribution is 2.16. The number of hydrogen-bond acceptors (Lipinski definition) is 4. The molecule has 0 radical (unpaired) electrons. The van der Waals surface area contributed by atoms with Crippen molar-refractivity contribution in [1.82, 2.24) is 4.90 Å². The number of nitrogens with zero attached hydrogens (tertiary/aromatic N) is 1. The third kappa shape index (κ3) is 4.48. The molecule has 1 aromatic carbocycles. The average molecular weight is 304 g/mol. The quantitative estimate of drug-likeness (QED) is 0.850. The fourth-order valence-electron chi connectivity index (χ4n) is 2.63. The number of nitrogens with one attached hydrogen (secondary N) is 1. The Bertz CT molecular complexity index is 508. The lowest BCUT2D eigenvalue weighted by molar-refractivity contribution is -0.129. The molecule has 0 spiro atoms. The highest BCUT2D eigenvalue weighted by molar-refractivity contribution is 5.96. The van der Waals surface area contributed by atoms with E-state index in [1.807, 2.05) is 11.0 Å². The smallest absolute Gasteiger partial charge is 0.340 e. The van der Waals surface area contributed by atoms with Crippen molar-refractivity contribution in [2.75, 3.05) is 31.6 Å². The predicted octanol–water partition coefficient (Wildman–Crippen LogP) is 2.68. The van der Waals surface area contributed by atoms with Gasteiger partial charge in [-0.25, -0.2) is 4.79 Å². The van der Waals surface area contributed by atoms with Gasteiger partial charge in [-0.05, 0) is 31.9 Å². The van der Waals surface area contributed by atoms with E-state index in [2.05, 4.69) is 5.32 Å². The zero-order valence-electron chi connectivity index (χ0n) is 13.1. The molecule has 5 nitrogen and oxygen atoms in total. The molecular formula is C17H24N2O3. The Morgan fingerprint density at radius 1 is 1.14 bits per heavy atom. The Labute approximate surface area is 131 Å². The minimum absolute atomic E-state index is 0.0839. The maximum absolute atomic E-state index is 12.3. The number of anilines is 1. The fraction of sp³-hybridized carbons (Fsp3) is 0.529. The van der Waals surface area contributed by atoms with Gasteiger partial charge in [-0.2, -0.15) is 0 Å². The van der Waals surface area contributed by atoms with Gasteiger partial charge in [0.1, 0.15) is 0 Å². The number of carbonyl (C=O) groups excluding carboxylic acids is 2. The summed E-state index contributed by atoms with van der Waals surface area (Å²) in [7, 11) is 0. The third-order valence-electron chi connectivity index (χ3n) is 3.81. The molecule has 0 unspecified atom stereocenters. The predicted molar refractivity (Wildman–Crippen MR) is 85.9 cm³/mol. The van der Waals surface area contributed by atoms with Crippen LogP contribution in [-0.4, -0.2) is 43.0 Å². The van der Waals surface area contributed by atoms with Crippen molar-refractivity contribution in [2.45, 2.75) is 32.6 Å². The first kappa shape index (κ1) is 16.3. The molecule has 0 atom stereocenters. The molecule has 1 aromatic rings. The van der Waals surface area contributed by atoms with Crippen LogP contribution < -0.4 is 5.32 Å². The Morgan fingerprint density at radius 3 is 2.50 bits per heavy atom. The van der Waals surface area contributed by atoms with Gasteiger partial charge in [0.15, 0.2) is 0 Å². The Kier molecular flexibility index (Phi) is 6.25. The van der Waals surface area contributed by atoms with Crippen molar-refractivity contribution in [2.24, 2.45) is 0 Å². The maximum atomic E-state index is 12.3. The Balaban J connectivity index is 1.96. The number of rotatable bonds is 5. The molecule has 120 valence electrons. The van der Waals surface area contributed by atoms with Crippen molar-refractivity contribution in [1.29, 1.82) is 0 Å². The van der Waals surface area contributed by atoms with Crippen molar-refractivity contribution in [3.05, 3.63) is 29.8 Å². The molecule has 1 saturated heterocycles. The summed E-state index contributed by atoms with van der Waals surface area (Å²) in [6.45, 7) is 3.98. The van der Waals surface area contributed by atoms with E-state index in [4.69, 9.17) is 4.74 Å². The monoisotopic (exact) mass is 304 g/mol. The second-order valence-corrected chi connectivity index (χ2v) is 5.41. The molecule has 2 rings (SSSR count). The highest BCUT2D eigenvalue weighted by Gasteiger charge is 2.17. The van der Waals surface area contributed by atoms with Gasteiger partial charge in [0.05, 0.1) is 18.7 Å². The largest absolute Gasteiger partial charge is 0.462 e. The maximum Gasteiger partial charge on any atom is 0.340 e. The van der Waals surface area contributed by atoms with Crippen molar-refractivity contribution in [3.8, 4) is 0 Å². The topological polar surface area (TPSA) is 58.6 Å². The Morgan fingerprint density at radius 2 is 1.82 bits per heavy atom. The number of esters is 1. The first-order valence-electron chi connectivity index (χ1n) is 8.00. The molecule has 5 heteroatoms. The van der Waals surface area contributed by atoms with Crippen LogP contribution in [0.4, 0.5) is 5.69 Å². The number of para-hydroxylation sites is 1. The lowest BCUT2D eigenvalue weighted by Crippen LogP contribution is -2.36. The van der Waals surface area contributed by atoms with E-state index in [1.54, 1.807) is 25.1 Å². The molecule has 1 N–H and O–H groups in total. The van der Waals surface area contributed by atoms with Gasteiger partial charge in [0, 0.05) is 18.8 Å². The molecule has 0 aromatic heterocycles. The van der Waals surface area contributed by atoms with Gasteiger partial charge in [0.25, 0.3) is 0 Å². The van der Waals surface area contributed by atoms with E-state index in [0.29, 0.717) is 17.9 Å². The molecule has 1 amide bonds. The van der Waals surface area contributed by atoms with Crippen LogP contribution >= 0.6 is 0 Å². The van der Waals surface area contributed by atoms with Crippen LogP contribution in [0, 0.1) is 0 Å². The summed E-state index contributed by atoms with van der Waals surface area (Å²) in [5.74, 6) is -0.284. The average Bonchev–Trinajstić information content (AvgIpc) is 2.82. The standard InChI is InChI=1S/C17H24N2O3/c1-2-22-17(21)14-9-5-6-10-15(14)18-13-16(20)19-11-7-3-4-8-12-19/h5-6,9-10,18H,2-4,7-8,11-13H2,1H3. The number of benzene rings is 1. The summed E-state index contributed by atoms with van der Waals surface area (Å²) < 4.78 is 5.03. The van der Waals surface area contributed by atoms with Crippen molar-refractivity contribution >= 4 is 17.6 Å². The second-order valence-electron chi connectivity index (χ2n) is 5.41. The molecule has 1 aliphatic heterocycles. The minimum Gasteiger partial charge on any atom is -0.462 e. The molecule has 1 fully saturated rings. The SMILES string of the molecule is CCOC(=O)c1ccccc1NCC(=O)N1CCCCCC1.